The lowest BCUT2D eigenvalue weighted by Gasteiger charge is -2.12. The van der Waals surface area contributed by atoms with Crippen LogP contribution in [0.3, 0.4) is 0 Å². The van der Waals surface area contributed by atoms with Gasteiger partial charge in [0.2, 0.25) is 5.91 Å². The molecule has 0 aliphatic carbocycles. The molecule has 2 aromatic rings. The van der Waals surface area contributed by atoms with Gasteiger partial charge in [-0.1, -0.05) is 0 Å². The number of carbonyl (C=O) groups is 1. The Hall–Kier alpha value is -1.62. The van der Waals surface area contributed by atoms with Crippen LogP contribution in [-0.2, 0) is 11.3 Å². The molecule has 0 radical (unpaired) electrons. The molecular formula is C14H17ClFN3O. The van der Waals surface area contributed by atoms with Gasteiger partial charge in [-0.2, -0.15) is 0 Å². The Balaban J connectivity index is 2.43. The summed E-state index contributed by atoms with van der Waals surface area (Å²) in [5.74, 6) is 0.0796. The van der Waals surface area contributed by atoms with Crippen LogP contribution in [-0.4, -0.2) is 21.5 Å². The third-order valence-electron chi connectivity index (χ3n) is 2.85. The molecule has 4 nitrogen and oxygen atoms in total. The lowest BCUT2D eigenvalue weighted by molar-refractivity contribution is -0.122. The molecule has 108 valence electrons. The highest BCUT2D eigenvalue weighted by Crippen LogP contribution is 2.25. The van der Waals surface area contributed by atoms with Crippen molar-refractivity contribution in [1.82, 2.24) is 14.9 Å². The number of benzene rings is 1. The van der Waals surface area contributed by atoms with Gasteiger partial charge in [-0.05, 0) is 32.9 Å². The molecule has 0 aliphatic rings. The Bertz CT molecular complexity index is 637. The zero-order valence-corrected chi connectivity index (χ0v) is 12.4. The molecule has 2 rings (SSSR count). The zero-order valence-electron chi connectivity index (χ0n) is 11.7. The van der Waals surface area contributed by atoms with E-state index in [0.717, 1.165) is 0 Å². The van der Waals surface area contributed by atoms with Crippen molar-refractivity contribution in [2.45, 2.75) is 38.7 Å². The molecule has 1 N–H and O–H groups in total. The smallest absolute Gasteiger partial charge is 0.240 e. The molecule has 0 saturated heterocycles. The number of imidazole rings is 1. The summed E-state index contributed by atoms with van der Waals surface area (Å²) in [5.41, 5.74) is 1.21. The Kier molecular flexibility index (Phi) is 4.28. The summed E-state index contributed by atoms with van der Waals surface area (Å²) >= 11 is 6.10. The molecule has 6 heteroatoms. The first kappa shape index (κ1) is 14.8. The van der Waals surface area contributed by atoms with E-state index >= 15 is 0 Å². The quantitative estimate of drug-likeness (QED) is 0.882. The highest BCUT2D eigenvalue weighted by molar-refractivity contribution is 6.20. The molecule has 1 atom stereocenters. The summed E-state index contributed by atoms with van der Waals surface area (Å²) in [7, 11) is 0. The minimum Gasteiger partial charge on any atom is -0.352 e. The van der Waals surface area contributed by atoms with E-state index in [9.17, 15) is 9.18 Å². The van der Waals surface area contributed by atoms with E-state index in [2.05, 4.69) is 10.3 Å². The predicted molar refractivity (Wildman–Crippen MR) is 77.2 cm³/mol. The molecule has 0 saturated carbocycles. The van der Waals surface area contributed by atoms with Gasteiger partial charge in [-0.3, -0.25) is 4.79 Å². The number of aromatic nitrogens is 2. The summed E-state index contributed by atoms with van der Waals surface area (Å²) in [6, 6.07) is 4.37. The number of fused-ring (bicyclic) bond motifs is 1. The summed E-state index contributed by atoms with van der Waals surface area (Å²) in [6.45, 7) is 5.68. The molecule has 20 heavy (non-hydrogen) atoms. The normalized spacial score (nSPS) is 12.9. The highest BCUT2D eigenvalue weighted by atomic mass is 35.5. The SMILES string of the molecule is CC(C)NC(=O)Cn1c(C(C)Cl)nc2cc(F)ccc21. The van der Waals surface area contributed by atoms with Crippen LogP contribution in [0.1, 0.15) is 32.0 Å². The van der Waals surface area contributed by atoms with Gasteiger partial charge in [0.05, 0.1) is 16.4 Å². The first-order valence-corrected chi connectivity index (χ1v) is 6.91. The molecule has 1 heterocycles. The zero-order chi connectivity index (χ0) is 14.9. The molecule has 0 aliphatic heterocycles. The van der Waals surface area contributed by atoms with Crippen molar-refractivity contribution in [3.8, 4) is 0 Å². The molecule has 1 amide bonds. The van der Waals surface area contributed by atoms with Gasteiger partial charge in [0.1, 0.15) is 18.2 Å². The molecule has 0 fully saturated rings. The van der Waals surface area contributed by atoms with Crippen molar-refractivity contribution in [1.29, 1.82) is 0 Å². The van der Waals surface area contributed by atoms with Crippen LogP contribution in [0.15, 0.2) is 18.2 Å². The maximum Gasteiger partial charge on any atom is 0.240 e. The van der Waals surface area contributed by atoms with E-state index < -0.39 is 0 Å². The van der Waals surface area contributed by atoms with E-state index in [-0.39, 0.29) is 29.7 Å². The van der Waals surface area contributed by atoms with Crippen molar-refractivity contribution in [3.63, 3.8) is 0 Å². The van der Waals surface area contributed by atoms with Crippen LogP contribution in [0.25, 0.3) is 11.0 Å². The first-order valence-electron chi connectivity index (χ1n) is 6.47. The van der Waals surface area contributed by atoms with Crippen LogP contribution >= 0.6 is 11.6 Å². The Morgan fingerprint density at radius 3 is 2.75 bits per heavy atom. The van der Waals surface area contributed by atoms with Crippen LogP contribution in [0.2, 0.25) is 0 Å². The monoisotopic (exact) mass is 297 g/mol. The van der Waals surface area contributed by atoms with Gasteiger partial charge in [0.15, 0.2) is 0 Å². The second-order valence-corrected chi connectivity index (χ2v) is 5.68. The van der Waals surface area contributed by atoms with Gasteiger partial charge in [-0.15, -0.1) is 11.6 Å². The fourth-order valence-corrected chi connectivity index (χ4v) is 2.27. The molecule has 0 bridgehead atoms. The number of rotatable bonds is 4. The number of nitrogens with zero attached hydrogens (tertiary/aromatic N) is 2. The lowest BCUT2D eigenvalue weighted by atomic mass is 10.3. The van der Waals surface area contributed by atoms with Crippen molar-refractivity contribution in [2.75, 3.05) is 0 Å². The summed E-state index contributed by atoms with van der Waals surface area (Å²) in [6.07, 6.45) is 0. The third kappa shape index (κ3) is 3.10. The van der Waals surface area contributed by atoms with E-state index in [1.807, 2.05) is 13.8 Å². The van der Waals surface area contributed by atoms with Gasteiger partial charge >= 0.3 is 0 Å². The molecular weight excluding hydrogens is 281 g/mol. The topological polar surface area (TPSA) is 46.9 Å². The van der Waals surface area contributed by atoms with Gasteiger partial charge < -0.3 is 9.88 Å². The number of hydrogen-bond donors (Lipinski definition) is 1. The van der Waals surface area contributed by atoms with Crippen LogP contribution < -0.4 is 5.32 Å². The van der Waals surface area contributed by atoms with Gasteiger partial charge in [0, 0.05) is 12.1 Å². The van der Waals surface area contributed by atoms with E-state index in [0.29, 0.717) is 16.9 Å². The van der Waals surface area contributed by atoms with Crippen molar-refractivity contribution < 1.29 is 9.18 Å². The summed E-state index contributed by atoms with van der Waals surface area (Å²) < 4.78 is 15.0. The lowest BCUT2D eigenvalue weighted by Crippen LogP contribution is -2.33. The molecule has 0 spiro atoms. The molecule has 1 aromatic heterocycles. The average molecular weight is 298 g/mol. The van der Waals surface area contributed by atoms with Gasteiger partial charge in [0.25, 0.3) is 0 Å². The van der Waals surface area contributed by atoms with E-state index in [1.54, 1.807) is 17.6 Å². The minimum absolute atomic E-state index is 0.0617. The highest BCUT2D eigenvalue weighted by Gasteiger charge is 2.17. The number of carbonyl (C=O) groups excluding carboxylic acids is 1. The summed E-state index contributed by atoms with van der Waals surface area (Å²) in [5, 5.41) is 2.45. The Morgan fingerprint density at radius 1 is 1.45 bits per heavy atom. The van der Waals surface area contributed by atoms with Crippen LogP contribution in [0, 0.1) is 5.82 Å². The van der Waals surface area contributed by atoms with Crippen molar-refractivity contribution in [2.24, 2.45) is 0 Å². The average Bonchev–Trinajstić information content (AvgIpc) is 2.66. The fraction of sp³-hybridized carbons (Fsp3) is 0.429. The fourth-order valence-electron chi connectivity index (χ4n) is 2.10. The Labute approximate surface area is 121 Å². The number of nitrogens with one attached hydrogen (secondary N) is 1. The number of hydrogen-bond acceptors (Lipinski definition) is 2. The standard InChI is InChI=1S/C14H17ClFN3O/c1-8(2)17-13(20)7-19-12-5-4-10(16)6-11(12)18-14(19)9(3)15/h4-6,8-9H,7H2,1-3H3,(H,17,20). The maximum absolute atomic E-state index is 13.3. The number of amides is 1. The van der Waals surface area contributed by atoms with Crippen molar-refractivity contribution in [3.05, 3.63) is 29.8 Å². The second kappa shape index (κ2) is 5.79. The minimum atomic E-state index is -0.364. The van der Waals surface area contributed by atoms with E-state index in [1.165, 1.54) is 12.1 Å². The molecule has 1 unspecified atom stereocenters. The van der Waals surface area contributed by atoms with Crippen LogP contribution in [0.5, 0.6) is 0 Å². The largest absolute Gasteiger partial charge is 0.352 e. The predicted octanol–water partition coefficient (Wildman–Crippen LogP) is 3.00. The molecule has 1 aromatic carbocycles. The first-order chi connectivity index (χ1) is 9.38. The number of alkyl halides is 1. The van der Waals surface area contributed by atoms with Crippen molar-refractivity contribution >= 4 is 28.5 Å². The summed E-state index contributed by atoms with van der Waals surface area (Å²) in [4.78, 5) is 16.2. The van der Waals surface area contributed by atoms with E-state index in [4.69, 9.17) is 11.6 Å². The van der Waals surface area contributed by atoms with Crippen LogP contribution in [0.4, 0.5) is 4.39 Å². The third-order valence-corrected chi connectivity index (χ3v) is 3.04. The number of halogens is 2. The maximum atomic E-state index is 13.3. The Morgan fingerprint density at radius 2 is 2.15 bits per heavy atom. The van der Waals surface area contributed by atoms with Gasteiger partial charge in [-0.25, -0.2) is 9.37 Å². The second-order valence-electron chi connectivity index (χ2n) is 5.03.